The third-order valence-electron chi connectivity index (χ3n) is 8.27. The van der Waals surface area contributed by atoms with Gasteiger partial charge in [-0.15, -0.1) is 0 Å². The Balaban J connectivity index is 1.09. The van der Waals surface area contributed by atoms with E-state index in [2.05, 4.69) is 228 Å². The number of benzene rings is 7. The molecule has 7 aromatic rings. The Morgan fingerprint density at radius 2 is 0.479 bits per heavy atom. The predicted molar refractivity (Wildman–Crippen MR) is 207 cm³/mol. The first kappa shape index (κ1) is 30.3. The van der Waals surface area contributed by atoms with Gasteiger partial charge < -0.3 is 9.80 Å². The average Bonchev–Trinajstić information content (AvgIpc) is 3.16. The van der Waals surface area contributed by atoms with Gasteiger partial charge >= 0.3 is 0 Å². The zero-order valence-electron chi connectivity index (χ0n) is 26.7. The summed E-state index contributed by atoms with van der Waals surface area (Å²) in [5.74, 6) is 0. The van der Waals surface area contributed by atoms with Crippen LogP contribution in [0.4, 0.5) is 34.1 Å². The molecule has 0 spiro atoms. The molecule has 2 nitrogen and oxygen atoms in total. The third kappa shape index (κ3) is 7.20. The molecule has 0 saturated heterocycles. The van der Waals surface area contributed by atoms with E-state index < -0.39 is 0 Å². The van der Waals surface area contributed by atoms with Gasteiger partial charge in [-0.1, -0.05) is 146 Å². The van der Waals surface area contributed by atoms with Gasteiger partial charge in [0.05, 0.1) is 0 Å². The first-order valence-corrected chi connectivity index (χ1v) is 16.3. The highest BCUT2D eigenvalue weighted by Gasteiger charge is 2.12. The van der Waals surface area contributed by atoms with Crippen molar-refractivity contribution in [1.29, 1.82) is 0 Å². The van der Waals surface area contributed by atoms with Gasteiger partial charge in [-0.2, -0.15) is 0 Å². The van der Waals surface area contributed by atoms with Crippen molar-refractivity contribution in [2.24, 2.45) is 0 Å². The highest BCUT2D eigenvalue weighted by molar-refractivity contribution is 5.82. The molecule has 7 rings (SSSR count). The molecule has 0 aliphatic heterocycles. The number of hydrogen-bond donors (Lipinski definition) is 0. The molecule has 0 fully saturated rings. The van der Waals surface area contributed by atoms with Crippen molar-refractivity contribution < 1.29 is 0 Å². The van der Waals surface area contributed by atoms with E-state index in [1.54, 1.807) is 0 Å². The molecule has 230 valence electrons. The van der Waals surface area contributed by atoms with Crippen LogP contribution in [0.3, 0.4) is 0 Å². The molecule has 0 aromatic heterocycles. The molecule has 0 atom stereocenters. The Kier molecular flexibility index (Phi) is 9.34. The Bertz CT molecular complexity index is 1850. The quantitative estimate of drug-likeness (QED) is 0.141. The standard InChI is InChI=1S/C46H36N2/c1-5-17-41(18-6-1)47(42-19-7-2-8-20-42)45-33-27-37(28-34-45)25-31-39-15-13-14-16-40(39)32-26-38-29-35-46(36-30-38)48(43-21-9-3-10-22-43)44-23-11-4-12-24-44/h1-36H. The summed E-state index contributed by atoms with van der Waals surface area (Å²) in [7, 11) is 0. The van der Waals surface area contributed by atoms with Crippen molar-refractivity contribution in [2.75, 3.05) is 9.80 Å². The summed E-state index contributed by atoms with van der Waals surface area (Å²) in [6.07, 6.45) is 8.76. The number of para-hydroxylation sites is 4. The van der Waals surface area contributed by atoms with Crippen molar-refractivity contribution in [1.82, 2.24) is 0 Å². The van der Waals surface area contributed by atoms with E-state index in [0.717, 1.165) is 45.3 Å². The lowest BCUT2D eigenvalue weighted by Crippen LogP contribution is -2.09. The fourth-order valence-corrected chi connectivity index (χ4v) is 5.86. The largest absolute Gasteiger partial charge is 0.311 e. The maximum atomic E-state index is 2.28. The molecule has 0 aliphatic rings. The molecule has 0 unspecified atom stereocenters. The molecular formula is C46H36N2. The second-order valence-corrected chi connectivity index (χ2v) is 11.5. The molecule has 0 heterocycles. The van der Waals surface area contributed by atoms with Gasteiger partial charge in [-0.3, -0.25) is 0 Å². The molecule has 0 N–H and O–H groups in total. The van der Waals surface area contributed by atoms with Crippen LogP contribution < -0.4 is 9.80 Å². The Hall–Kier alpha value is -6.38. The number of nitrogens with zero attached hydrogens (tertiary/aromatic N) is 2. The summed E-state index contributed by atoms with van der Waals surface area (Å²) in [5, 5.41) is 0. The van der Waals surface area contributed by atoms with Crippen LogP contribution in [-0.4, -0.2) is 0 Å². The van der Waals surface area contributed by atoms with Crippen LogP contribution in [0.25, 0.3) is 24.3 Å². The second kappa shape index (κ2) is 14.8. The van der Waals surface area contributed by atoms with Crippen molar-refractivity contribution >= 4 is 58.4 Å². The smallest absolute Gasteiger partial charge is 0.0462 e. The van der Waals surface area contributed by atoms with Gasteiger partial charge in [0.25, 0.3) is 0 Å². The predicted octanol–water partition coefficient (Wildman–Crippen LogP) is 13.0. The van der Waals surface area contributed by atoms with E-state index in [1.165, 1.54) is 11.1 Å². The van der Waals surface area contributed by atoms with E-state index in [9.17, 15) is 0 Å². The monoisotopic (exact) mass is 616 g/mol. The minimum absolute atomic E-state index is 1.12. The SMILES string of the molecule is C(=Cc1ccccc1C=Cc1ccc(N(c2ccccc2)c2ccccc2)cc1)c1ccc(N(c2ccccc2)c2ccccc2)cc1. The lowest BCUT2D eigenvalue weighted by Gasteiger charge is -2.25. The normalized spacial score (nSPS) is 11.2. The van der Waals surface area contributed by atoms with Gasteiger partial charge in [-0.25, -0.2) is 0 Å². The van der Waals surface area contributed by atoms with Crippen molar-refractivity contribution in [3.05, 3.63) is 216 Å². The summed E-state index contributed by atoms with van der Waals surface area (Å²) >= 11 is 0. The van der Waals surface area contributed by atoms with Gasteiger partial charge in [0.15, 0.2) is 0 Å². The van der Waals surface area contributed by atoms with Crippen LogP contribution in [-0.2, 0) is 0 Å². The molecule has 7 aromatic carbocycles. The number of hydrogen-bond acceptors (Lipinski definition) is 2. The highest BCUT2D eigenvalue weighted by atomic mass is 15.1. The molecule has 48 heavy (non-hydrogen) atoms. The van der Waals surface area contributed by atoms with Gasteiger partial charge in [-0.05, 0) is 95.1 Å². The summed E-state index contributed by atoms with van der Waals surface area (Å²) in [5.41, 5.74) is 11.4. The molecule has 0 saturated carbocycles. The number of rotatable bonds is 10. The first-order chi connectivity index (χ1) is 23.8. The maximum absolute atomic E-state index is 2.28. The summed E-state index contributed by atoms with van der Waals surface area (Å²) < 4.78 is 0. The maximum Gasteiger partial charge on any atom is 0.0462 e. The van der Waals surface area contributed by atoms with E-state index >= 15 is 0 Å². The van der Waals surface area contributed by atoms with Crippen molar-refractivity contribution in [3.63, 3.8) is 0 Å². The summed E-state index contributed by atoms with van der Waals surface area (Å²) in [6, 6.07) is 67.9. The molecule has 0 bridgehead atoms. The highest BCUT2D eigenvalue weighted by Crippen LogP contribution is 2.35. The Morgan fingerprint density at radius 1 is 0.229 bits per heavy atom. The van der Waals surface area contributed by atoms with E-state index in [0.29, 0.717) is 0 Å². The molecular weight excluding hydrogens is 581 g/mol. The van der Waals surface area contributed by atoms with Crippen molar-refractivity contribution in [2.45, 2.75) is 0 Å². The minimum Gasteiger partial charge on any atom is -0.311 e. The second-order valence-electron chi connectivity index (χ2n) is 11.5. The lowest BCUT2D eigenvalue weighted by molar-refractivity contribution is 1.28. The zero-order valence-corrected chi connectivity index (χ0v) is 26.7. The van der Waals surface area contributed by atoms with Crippen LogP contribution in [0.2, 0.25) is 0 Å². The topological polar surface area (TPSA) is 6.48 Å². The zero-order chi connectivity index (χ0) is 32.4. The van der Waals surface area contributed by atoms with Crippen molar-refractivity contribution in [3.8, 4) is 0 Å². The molecule has 0 radical (unpaired) electrons. The lowest BCUT2D eigenvalue weighted by atomic mass is 10.0. The minimum atomic E-state index is 1.12. The van der Waals surface area contributed by atoms with Crippen LogP contribution in [0.1, 0.15) is 22.3 Å². The fourth-order valence-electron chi connectivity index (χ4n) is 5.86. The summed E-state index contributed by atoms with van der Waals surface area (Å²) in [6.45, 7) is 0. The first-order valence-electron chi connectivity index (χ1n) is 16.3. The Labute approximate surface area is 283 Å². The van der Waals surface area contributed by atoms with Gasteiger partial charge in [0, 0.05) is 34.1 Å². The molecule has 0 aliphatic carbocycles. The van der Waals surface area contributed by atoms with Crippen LogP contribution in [0, 0.1) is 0 Å². The van der Waals surface area contributed by atoms with E-state index in [-0.39, 0.29) is 0 Å². The number of anilines is 6. The van der Waals surface area contributed by atoms with E-state index in [4.69, 9.17) is 0 Å². The van der Waals surface area contributed by atoms with Gasteiger partial charge in [0.2, 0.25) is 0 Å². The fraction of sp³-hybridized carbons (Fsp3) is 0. The third-order valence-corrected chi connectivity index (χ3v) is 8.27. The van der Waals surface area contributed by atoms with E-state index in [1.807, 2.05) is 0 Å². The van der Waals surface area contributed by atoms with Crippen LogP contribution in [0.15, 0.2) is 194 Å². The molecule has 0 amide bonds. The Morgan fingerprint density at radius 3 is 0.771 bits per heavy atom. The average molecular weight is 617 g/mol. The van der Waals surface area contributed by atoms with Crippen LogP contribution in [0.5, 0.6) is 0 Å². The van der Waals surface area contributed by atoms with Crippen LogP contribution >= 0.6 is 0 Å². The van der Waals surface area contributed by atoms with Gasteiger partial charge in [0.1, 0.15) is 0 Å². The summed E-state index contributed by atoms with van der Waals surface area (Å²) in [4.78, 5) is 4.56. The molecule has 2 heteroatoms.